The molecule has 1 aromatic heterocycles. The molecule has 0 spiro atoms. The van der Waals surface area contributed by atoms with E-state index in [0.717, 1.165) is 24.0 Å². The highest BCUT2D eigenvalue weighted by atomic mass is 35.5. The van der Waals surface area contributed by atoms with E-state index in [1.54, 1.807) is 12.1 Å². The van der Waals surface area contributed by atoms with Crippen LogP contribution >= 0.6 is 23.2 Å². The fraction of sp³-hybridized carbons (Fsp3) is 0.286. The minimum absolute atomic E-state index is 0.0568. The number of carbonyl (C=O) groups excluding carboxylic acids is 1. The fourth-order valence-corrected chi connectivity index (χ4v) is 3.80. The minimum atomic E-state index is -0.655. The van der Waals surface area contributed by atoms with E-state index in [9.17, 15) is 4.79 Å². The maximum absolute atomic E-state index is 12.7. The van der Waals surface area contributed by atoms with Gasteiger partial charge in [0.05, 0.1) is 0 Å². The molecule has 1 aliphatic rings. The van der Waals surface area contributed by atoms with E-state index in [1.165, 1.54) is 0 Å². The summed E-state index contributed by atoms with van der Waals surface area (Å²) in [6.45, 7) is 1.25. The summed E-state index contributed by atoms with van der Waals surface area (Å²) in [7, 11) is 0. The number of hydrogen-bond donors (Lipinski definition) is 0. The third-order valence-electron chi connectivity index (χ3n) is 5.01. The number of amides is 1. The number of hydrogen-bond acceptors (Lipinski definition) is 4. The first kappa shape index (κ1) is 19.0. The van der Waals surface area contributed by atoms with Gasteiger partial charge in [0.25, 0.3) is 0 Å². The van der Waals surface area contributed by atoms with Gasteiger partial charge in [-0.25, -0.2) is 0 Å². The number of aromatic nitrogens is 2. The molecule has 2 aromatic carbocycles. The molecule has 1 atom stereocenters. The van der Waals surface area contributed by atoms with Gasteiger partial charge in [-0.2, -0.15) is 4.98 Å². The summed E-state index contributed by atoms with van der Waals surface area (Å²) in [6, 6.07) is 16.8. The molecule has 1 unspecified atom stereocenters. The van der Waals surface area contributed by atoms with Crippen LogP contribution in [0.25, 0.3) is 11.4 Å². The molecule has 2 heterocycles. The van der Waals surface area contributed by atoms with Gasteiger partial charge in [-0.05, 0) is 42.7 Å². The van der Waals surface area contributed by atoms with E-state index >= 15 is 0 Å². The van der Waals surface area contributed by atoms with Crippen molar-refractivity contribution in [2.75, 3.05) is 13.1 Å². The van der Waals surface area contributed by atoms with Gasteiger partial charge in [0.2, 0.25) is 17.6 Å². The van der Waals surface area contributed by atoms with Crippen LogP contribution in [0.15, 0.2) is 59.1 Å². The molecule has 3 aromatic rings. The van der Waals surface area contributed by atoms with Gasteiger partial charge in [0.15, 0.2) is 0 Å². The largest absolute Gasteiger partial charge is 0.341 e. The lowest BCUT2D eigenvalue weighted by atomic mass is 9.96. The number of alkyl halides is 1. The van der Waals surface area contributed by atoms with Gasteiger partial charge in [0.1, 0.15) is 5.38 Å². The summed E-state index contributed by atoms with van der Waals surface area (Å²) in [6.07, 6.45) is 1.54. The Bertz CT molecular complexity index is 936. The van der Waals surface area contributed by atoms with Crippen LogP contribution in [0.4, 0.5) is 0 Å². The van der Waals surface area contributed by atoms with E-state index in [2.05, 4.69) is 10.1 Å². The molecule has 0 radical (unpaired) electrons. The molecule has 0 saturated carbocycles. The molecular weight excluding hydrogens is 397 g/mol. The molecule has 0 N–H and O–H groups in total. The highest BCUT2D eigenvalue weighted by Crippen LogP contribution is 2.31. The lowest BCUT2D eigenvalue weighted by Gasteiger charge is -2.31. The SMILES string of the molecule is O=C(C(Cl)c1ccccc1)N1CCC(c2nc(-c3ccc(Cl)cc3)no2)CC1. The molecule has 7 heteroatoms. The van der Waals surface area contributed by atoms with Crippen LogP contribution in [0.5, 0.6) is 0 Å². The van der Waals surface area contributed by atoms with Crippen molar-refractivity contribution < 1.29 is 9.32 Å². The molecule has 0 aliphatic carbocycles. The van der Waals surface area contributed by atoms with Crippen molar-refractivity contribution >= 4 is 29.1 Å². The van der Waals surface area contributed by atoms with Crippen LogP contribution in [0.1, 0.15) is 35.6 Å². The van der Waals surface area contributed by atoms with E-state index in [0.29, 0.717) is 29.8 Å². The van der Waals surface area contributed by atoms with E-state index in [1.807, 2.05) is 47.4 Å². The van der Waals surface area contributed by atoms with Gasteiger partial charge in [-0.3, -0.25) is 4.79 Å². The van der Waals surface area contributed by atoms with Gasteiger partial charge in [-0.15, -0.1) is 11.6 Å². The van der Waals surface area contributed by atoms with Crippen LogP contribution in [-0.2, 0) is 4.79 Å². The third kappa shape index (κ3) is 4.05. The van der Waals surface area contributed by atoms with Crippen LogP contribution in [0, 0.1) is 0 Å². The lowest BCUT2D eigenvalue weighted by molar-refractivity contribution is -0.132. The molecule has 1 saturated heterocycles. The molecule has 1 amide bonds. The molecule has 28 heavy (non-hydrogen) atoms. The predicted octanol–water partition coefficient (Wildman–Crippen LogP) is 5.08. The Balaban J connectivity index is 1.38. The van der Waals surface area contributed by atoms with Gasteiger partial charge in [0, 0.05) is 29.6 Å². The Kier molecular flexibility index (Phi) is 5.64. The first-order chi connectivity index (χ1) is 13.6. The zero-order chi connectivity index (χ0) is 19.5. The van der Waals surface area contributed by atoms with Gasteiger partial charge in [-0.1, -0.05) is 47.1 Å². The first-order valence-corrected chi connectivity index (χ1v) is 10.0. The summed E-state index contributed by atoms with van der Waals surface area (Å²) in [5.41, 5.74) is 1.68. The Morgan fingerprint density at radius 3 is 2.43 bits per heavy atom. The topological polar surface area (TPSA) is 59.2 Å². The molecule has 0 bridgehead atoms. The third-order valence-corrected chi connectivity index (χ3v) is 5.70. The zero-order valence-electron chi connectivity index (χ0n) is 15.1. The van der Waals surface area contributed by atoms with Crippen LogP contribution in [-0.4, -0.2) is 34.0 Å². The molecule has 4 rings (SSSR count). The molecule has 5 nitrogen and oxygen atoms in total. The summed E-state index contributed by atoms with van der Waals surface area (Å²) < 4.78 is 5.48. The first-order valence-electron chi connectivity index (χ1n) is 9.19. The number of halogens is 2. The molecule has 1 aliphatic heterocycles. The van der Waals surface area contributed by atoms with Crippen molar-refractivity contribution in [3.63, 3.8) is 0 Å². The van der Waals surface area contributed by atoms with Crippen molar-refractivity contribution in [2.24, 2.45) is 0 Å². The number of carbonyl (C=O) groups is 1. The Morgan fingerprint density at radius 2 is 1.75 bits per heavy atom. The average Bonchev–Trinajstić information content (AvgIpc) is 3.24. The second-order valence-electron chi connectivity index (χ2n) is 6.84. The van der Waals surface area contributed by atoms with Crippen molar-refractivity contribution in [1.82, 2.24) is 15.0 Å². The smallest absolute Gasteiger partial charge is 0.245 e. The van der Waals surface area contributed by atoms with Crippen molar-refractivity contribution in [1.29, 1.82) is 0 Å². The van der Waals surface area contributed by atoms with Crippen molar-refractivity contribution in [3.05, 3.63) is 71.1 Å². The van der Waals surface area contributed by atoms with Crippen LogP contribution in [0.3, 0.4) is 0 Å². The minimum Gasteiger partial charge on any atom is -0.341 e. The number of rotatable bonds is 4. The van der Waals surface area contributed by atoms with E-state index in [4.69, 9.17) is 27.7 Å². The summed E-state index contributed by atoms with van der Waals surface area (Å²) >= 11 is 12.3. The normalized spacial score (nSPS) is 16.1. The predicted molar refractivity (Wildman–Crippen MR) is 108 cm³/mol. The number of nitrogens with zero attached hydrogens (tertiary/aromatic N) is 3. The van der Waals surface area contributed by atoms with E-state index < -0.39 is 5.38 Å². The zero-order valence-corrected chi connectivity index (χ0v) is 16.6. The van der Waals surface area contributed by atoms with Crippen LogP contribution < -0.4 is 0 Å². The maximum atomic E-state index is 12.7. The quantitative estimate of drug-likeness (QED) is 0.557. The number of likely N-dealkylation sites (tertiary alicyclic amines) is 1. The number of benzene rings is 2. The average molecular weight is 416 g/mol. The monoisotopic (exact) mass is 415 g/mol. The highest BCUT2D eigenvalue weighted by Gasteiger charge is 2.30. The van der Waals surface area contributed by atoms with Crippen molar-refractivity contribution in [2.45, 2.75) is 24.1 Å². The standard InChI is InChI=1S/C21H19Cl2N3O2/c22-17-8-6-15(7-9-17)19-24-20(28-25-19)16-10-12-26(13-11-16)21(27)18(23)14-4-2-1-3-5-14/h1-9,16,18H,10-13H2. The summed E-state index contributed by atoms with van der Waals surface area (Å²) in [5.74, 6) is 1.25. The summed E-state index contributed by atoms with van der Waals surface area (Å²) in [4.78, 5) is 19.0. The molecule has 144 valence electrons. The Hall–Kier alpha value is -2.37. The van der Waals surface area contributed by atoms with Crippen LogP contribution in [0.2, 0.25) is 5.02 Å². The highest BCUT2D eigenvalue weighted by molar-refractivity contribution is 6.31. The molecule has 1 fully saturated rings. The Morgan fingerprint density at radius 1 is 1.07 bits per heavy atom. The fourth-order valence-electron chi connectivity index (χ4n) is 3.39. The molecular formula is C21H19Cl2N3O2. The lowest BCUT2D eigenvalue weighted by Crippen LogP contribution is -2.39. The van der Waals surface area contributed by atoms with Crippen molar-refractivity contribution in [3.8, 4) is 11.4 Å². The Labute approximate surface area is 173 Å². The van der Waals surface area contributed by atoms with E-state index in [-0.39, 0.29) is 11.8 Å². The second kappa shape index (κ2) is 8.33. The second-order valence-corrected chi connectivity index (χ2v) is 7.71. The van der Waals surface area contributed by atoms with Gasteiger partial charge >= 0.3 is 0 Å². The number of piperidine rings is 1. The van der Waals surface area contributed by atoms with Gasteiger partial charge < -0.3 is 9.42 Å². The maximum Gasteiger partial charge on any atom is 0.245 e. The summed E-state index contributed by atoms with van der Waals surface area (Å²) in [5, 5.41) is 4.09.